The smallest absolute Gasteiger partial charge is 0.376 e. The van der Waals surface area contributed by atoms with Crippen LogP contribution in [-0.2, 0) is 13.3 Å². The van der Waals surface area contributed by atoms with Crippen LogP contribution in [-0.4, -0.2) is 41.8 Å². The molecule has 0 aromatic heterocycles. The minimum atomic E-state index is -2.66. The third-order valence-electron chi connectivity index (χ3n) is 3.91. The molecule has 112 valence electrons. The Morgan fingerprint density at radius 2 is 1.85 bits per heavy atom. The summed E-state index contributed by atoms with van der Waals surface area (Å²) in [6.07, 6.45) is 3.46. The summed E-state index contributed by atoms with van der Waals surface area (Å²) in [5.41, 5.74) is 1.43. The lowest BCUT2D eigenvalue weighted by molar-refractivity contribution is 0.0892. The zero-order valence-electron chi connectivity index (χ0n) is 12.7. The first-order chi connectivity index (χ1) is 9.77. The van der Waals surface area contributed by atoms with Gasteiger partial charge in [-0.2, -0.15) is 0 Å². The van der Waals surface area contributed by atoms with Gasteiger partial charge in [0, 0.05) is 33.1 Å². The lowest BCUT2D eigenvalue weighted by Gasteiger charge is -2.44. The number of nitrogens with zero attached hydrogens (tertiary/aromatic N) is 1. The fourth-order valence-electron chi connectivity index (χ4n) is 3.00. The van der Waals surface area contributed by atoms with E-state index in [0.717, 1.165) is 13.0 Å². The van der Waals surface area contributed by atoms with E-state index >= 15 is 0 Å². The molecule has 0 radical (unpaired) electrons. The maximum absolute atomic E-state index is 5.97. The number of hydrogen-bond acceptors (Lipinski definition) is 4. The number of rotatable bonds is 6. The highest BCUT2D eigenvalue weighted by Crippen LogP contribution is 2.31. The number of anilines is 1. The van der Waals surface area contributed by atoms with Crippen molar-refractivity contribution >= 4 is 14.5 Å². The van der Waals surface area contributed by atoms with Gasteiger partial charge in [-0.25, -0.2) is 0 Å². The van der Waals surface area contributed by atoms with Gasteiger partial charge in [-0.1, -0.05) is 18.2 Å². The highest BCUT2D eigenvalue weighted by Gasteiger charge is 2.51. The third-order valence-corrected chi connectivity index (χ3v) is 7.16. The minimum absolute atomic E-state index is 0.202. The van der Waals surface area contributed by atoms with E-state index in [9.17, 15) is 0 Å². The molecule has 1 atom stereocenters. The van der Waals surface area contributed by atoms with Crippen LogP contribution in [0.25, 0.3) is 0 Å². The molecule has 1 aromatic rings. The Morgan fingerprint density at radius 3 is 2.45 bits per heavy atom. The Labute approximate surface area is 123 Å². The van der Waals surface area contributed by atoms with Crippen LogP contribution in [0.15, 0.2) is 30.3 Å². The predicted molar refractivity (Wildman–Crippen MR) is 82.8 cm³/mol. The van der Waals surface area contributed by atoms with Crippen LogP contribution in [0.4, 0.5) is 5.69 Å². The van der Waals surface area contributed by atoms with Gasteiger partial charge in [-0.3, -0.25) is 0 Å². The molecule has 1 aliphatic heterocycles. The quantitative estimate of drug-likeness (QED) is 0.755. The predicted octanol–water partition coefficient (Wildman–Crippen LogP) is 2.85. The molecule has 0 amide bonds. The molecule has 1 fully saturated rings. The average molecular weight is 295 g/mol. The van der Waals surface area contributed by atoms with Gasteiger partial charge in [-0.05, 0) is 38.3 Å². The highest BCUT2D eigenvalue weighted by molar-refractivity contribution is 6.63. The van der Waals surface area contributed by atoms with E-state index in [2.05, 4.69) is 29.2 Å². The van der Waals surface area contributed by atoms with Gasteiger partial charge in [0.2, 0.25) is 0 Å². The van der Waals surface area contributed by atoms with Gasteiger partial charge >= 0.3 is 8.80 Å². The van der Waals surface area contributed by atoms with E-state index in [1.54, 1.807) is 14.2 Å². The van der Waals surface area contributed by atoms with Gasteiger partial charge in [0.25, 0.3) is 0 Å². The SMILES string of the molecule is CCO[Si](OC)(OC)C1CCCCN1c1ccccc1. The summed E-state index contributed by atoms with van der Waals surface area (Å²) in [6.45, 7) is 3.64. The zero-order valence-corrected chi connectivity index (χ0v) is 13.7. The summed E-state index contributed by atoms with van der Waals surface area (Å²) in [5, 5.41) is 0. The summed E-state index contributed by atoms with van der Waals surface area (Å²) in [6, 6.07) is 10.5. The second kappa shape index (κ2) is 7.22. The monoisotopic (exact) mass is 295 g/mol. The fourth-order valence-corrected chi connectivity index (χ4v) is 5.76. The molecule has 1 heterocycles. The molecule has 0 aliphatic carbocycles. The first kappa shape index (κ1) is 15.5. The molecule has 1 unspecified atom stereocenters. The van der Waals surface area contributed by atoms with Crippen LogP contribution in [0.5, 0.6) is 0 Å². The Kier molecular flexibility index (Phi) is 5.60. The zero-order chi connectivity index (χ0) is 14.4. The molecule has 4 nitrogen and oxygen atoms in total. The second-order valence-corrected chi connectivity index (χ2v) is 7.96. The fraction of sp³-hybridized carbons (Fsp3) is 0.600. The second-order valence-electron chi connectivity index (χ2n) is 4.99. The summed E-state index contributed by atoms with van der Waals surface area (Å²) in [7, 11) is 0.760. The van der Waals surface area contributed by atoms with E-state index in [0.29, 0.717) is 6.61 Å². The van der Waals surface area contributed by atoms with Gasteiger partial charge in [-0.15, -0.1) is 0 Å². The van der Waals surface area contributed by atoms with Gasteiger partial charge in [0.05, 0.1) is 5.67 Å². The summed E-state index contributed by atoms with van der Waals surface area (Å²) >= 11 is 0. The molecule has 1 aliphatic rings. The minimum Gasteiger partial charge on any atom is -0.376 e. The molecule has 0 bridgehead atoms. The van der Waals surface area contributed by atoms with Crippen molar-refractivity contribution in [2.24, 2.45) is 0 Å². The van der Waals surface area contributed by atoms with Gasteiger partial charge in [0.1, 0.15) is 0 Å². The molecule has 20 heavy (non-hydrogen) atoms. The molecule has 5 heteroatoms. The maximum atomic E-state index is 5.97. The Balaban J connectivity index is 2.30. The van der Waals surface area contributed by atoms with Crippen LogP contribution in [0.1, 0.15) is 26.2 Å². The van der Waals surface area contributed by atoms with Crippen molar-refractivity contribution in [1.29, 1.82) is 0 Å². The molecule has 1 saturated heterocycles. The van der Waals surface area contributed by atoms with Gasteiger partial charge < -0.3 is 18.2 Å². The van der Waals surface area contributed by atoms with Crippen LogP contribution in [0, 0.1) is 0 Å². The number of piperidine rings is 1. The first-order valence-corrected chi connectivity index (χ1v) is 9.13. The van der Waals surface area contributed by atoms with Crippen LogP contribution >= 0.6 is 0 Å². The van der Waals surface area contributed by atoms with Crippen molar-refractivity contribution in [1.82, 2.24) is 0 Å². The molecule has 1 aromatic carbocycles. The molecular weight excluding hydrogens is 270 g/mol. The largest absolute Gasteiger partial charge is 0.524 e. The average Bonchev–Trinajstić information content (AvgIpc) is 2.54. The number of hydrogen-bond donors (Lipinski definition) is 0. The van der Waals surface area contributed by atoms with Gasteiger partial charge in [0.15, 0.2) is 0 Å². The van der Waals surface area contributed by atoms with Crippen LogP contribution < -0.4 is 4.90 Å². The lowest BCUT2D eigenvalue weighted by atomic mass is 10.1. The Hall–Kier alpha value is -0.883. The van der Waals surface area contributed by atoms with E-state index < -0.39 is 8.80 Å². The van der Waals surface area contributed by atoms with Crippen molar-refractivity contribution in [3.05, 3.63) is 30.3 Å². The van der Waals surface area contributed by atoms with Crippen LogP contribution in [0.3, 0.4) is 0 Å². The number of benzene rings is 1. The van der Waals surface area contributed by atoms with Crippen molar-refractivity contribution in [3.63, 3.8) is 0 Å². The maximum Gasteiger partial charge on any atom is 0.524 e. The van der Waals surface area contributed by atoms with Crippen molar-refractivity contribution in [3.8, 4) is 0 Å². The molecule has 2 rings (SSSR count). The molecular formula is C15H25NO3Si. The van der Waals surface area contributed by atoms with E-state index in [-0.39, 0.29) is 5.67 Å². The Morgan fingerprint density at radius 1 is 1.15 bits per heavy atom. The van der Waals surface area contributed by atoms with E-state index in [1.165, 1.54) is 18.5 Å². The summed E-state index contributed by atoms with van der Waals surface area (Å²) in [4.78, 5) is 2.40. The van der Waals surface area contributed by atoms with E-state index in [1.807, 2.05) is 13.0 Å². The molecule has 0 N–H and O–H groups in total. The molecule has 0 spiro atoms. The van der Waals surface area contributed by atoms with Crippen LogP contribution in [0.2, 0.25) is 0 Å². The van der Waals surface area contributed by atoms with Crippen molar-refractivity contribution in [2.45, 2.75) is 31.9 Å². The van der Waals surface area contributed by atoms with Crippen molar-refractivity contribution in [2.75, 3.05) is 32.3 Å². The highest BCUT2D eigenvalue weighted by atomic mass is 28.4. The summed E-state index contributed by atoms with van der Waals surface area (Å²) < 4.78 is 17.5. The third kappa shape index (κ3) is 3.06. The first-order valence-electron chi connectivity index (χ1n) is 7.33. The number of para-hydroxylation sites is 1. The lowest BCUT2D eigenvalue weighted by Crippen LogP contribution is -2.63. The van der Waals surface area contributed by atoms with Crippen molar-refractivity contribution < 1.29 is 13.3 Å². The standard InChI is InChI=1S/C15H25NO3Si/c1-4-19-20(17-2,18-3)15-12-8-9-13-16(15)14-10-6-5-7-11-14/h5-7,10-11,15H,4,8-9,12-13H2,1-3H3. The Bertz CT molecular complexity index is 397. The molecule has 0 saturated carbocycles. The summed E-state index contributed by atoms with van der Waals surface area (Å²) in [5.74, 6) is 0. The normalized spacial score (nSPS) is 20.1. The van der Waals surface area contributed by atoms with E-state index in [4.69, 9.17) is 13.3 Å². The topological polar surface area (TPSA) is 30.9 Å².